The first-order valence-electron chi connectivity index (χ1n) is 7.30. The van der Waals surface area contributed by atoms with Gasteiger partial charge in [0.15, 0.2) is 0 Å². The number of aromatic hydroxyl groups is 1. The van der Waals surface area contributed by atoms with Crippen LogP contribution in [0.15, 0.2) is 64.5 Å². The summed E-state index contributed by atoms with van der Waals surface area (Å²) in [7, 11) is 0. The van der Waals surface area contributed by atoms with Crippen molar-refractivity contribution in [2.45, 2.75) is 9.92 Å². The van der Waals surface area contributed by atoms with Crippen LogP contribution >= 0.6 is 11.8 Å². The molecule has 25 heavy (non-hydrogen) atoms. The van der Waals surface area contributed by atoms with E-state index in [9.17, 15) is 15.6 Å². The van der Waals surface area contributed by atoms with Crippen LogP contribution in [0.25, 0.3) is 11.1 Å². The zero-order valence-corrected chi connectivity index (χ0v) is 13.8. The summed E-state index contributed by atoms with van der Waals surface area (Å²) in [5.41, 5.74) is 7.56. The highest BCUT2D eigenvalue weighted by Crippen LogP contribution is 2.40. The molecule has 0 radical (unpaired) electrons. The highest BCUT2D eigenvalue weighted by Gasteiger charge is 2.21. The van der Waals surface area contributed by atoms with Crippen LogP contribution < -0.4 is 5.73 Å². The van der Waals surface area contributed by atoms with Gasteiger partial charge in [0.05, 0.1) is 10.5 Å². The molecule has 1 aromatic heterocycles. The van der Waals surface area contributed by atoms with Gasteiger partial charge in [-0.25, -0.2) is 4.98 Å². The van der Waals surface area contributed by atoms with Gasteiger partial charge in [0.25, 0.3) is 0 Å². The molecule has 0 fully saturated rings. The van der Waals surface area contributed by atoms with Gasteiger partial charge in [0, 0.05) is 5.56 Å². The lowest BCUT2D eigenvalue weighted by Gasteiger charge is -2.13. The summed E-state index contributed by atoms with van der Waals surface area (Å²) in [4.78, 5) is 4.77. The molecule has 0 amide bonds. The number of anilines is 1. The molecule has 2 aromatic carbocycles. The Labute approximate surface area is 149 Å². The molecule has 0 spiro atoms. The SMILES string of the molecule is N#Cc1c(N)nc(Sc2ccccc2O)c(C#N)c1-c1ccccc1. The molecule has 3 N–H and O–H groups in total. The first-order chi connectivity index (χ1) is 12.2. The average molecular weight is 344 g/mol. The van der Waals surface area contributed by atoms with Gasteiger partial charge in [-0.05, 0) is 17.7 Å². The van der Waals surface area contributed by atoms with Gasteiger partial charge in [0.1, 0.15) is 34.3 Å². The van der Waals surface area contributed by atoms with Crippen molar-refractivity contribution in [2.75, 3.05) is 5.73 Å². The third-order valence-electron chi connectivity index (χ3n) is 3.55. The fourth-order valence-electron chi connectivity index (χ4n) is 2.41. The van der Waals surface area contributed by atoms with Gasteiger partial charge in [-0.1, -0.05) is 54.2 Å². The van der Waals surface area contributed by atoms with Crippen molar-refractivity contribution >= 4 is 17.6 Å². The maximum absolute atomic E-state index is 9.98. The van der Waals surface area contributed by atoms with Crippen molar-refractivity contribution < 1.29 is 5.11 Å². The Morgan fingerprint density at radius 3 is 2.20 bits per heavy atom. The van der Waals surface area contributed by atoms with Gasteiger partial charge < -0.3 is 10.8 Å². The first kappa shape index (κ1) is 16.4. The van der Waals surface area contributed by atoms with Crippen molar-refractivity contribution in [3.8, 4) is 29.0 Å². The minimum atomic E-state index is 0.0540. The second-order valence-electron chi connectivity index (χ2n) is 5.09. The predicted octanol–water partition coefficient (Wildman–Crippen LogP) is 3.93. The van der Waals surface area contributed by atoms with Crippen molar-refractivity contribution in [3.63, 3.8) is 0 Å². The summed E-state index contributed by atoms with van der Waals surface area (Å²) in [5, 5.41) is 29.5. The van der Waals surface area contributed by atoms with Crippen molar-refractivity contribution in [3.05, 3.63) is 65.7 Å². The molecular formula is C19H12N4OS. The van der Waals surface area contributed by atoms with Crippen LogP contribution in [0.2, 0.25) is 0 Å². The van der Waals surface area contributed by atoms with E-state index < -0.39 is 0 Å². The Morgan fingerprint density at radius 1 is 0.920 bits per heavy atom. The lowest BCUT2D eigenvalue weighted by molar-refractivity contribution is 0.462. The molecule has 0 atom stereocenters. The molecule has 3 aromatic rings. The number of nitrogen functional groups attached to an aromatic ring is 1. The number of phenolic OH excluding ortho intramolecular Hbond substituents is 1. The second-order valence-corrected chi connectivity index (χ2v) is 6.12. The second kappa shape index (κ2) is 6.96. The van der Waals surface area contributed by atoms with Crippen molar-refractivity contribution in [2.24, 2.45) is 0 Å². The van der Waals surface area contributed by atoms with E-state index in [0.29, 0.717) is 21.0 Å². The average Bonchev–Trinajstić information content (AvgIpc) is 2.64. The zero-order valence-electron chi connectivity index (χ0n) is 13.0. The van der Waals surface area contributed by atoms with Crippen molar-refractivity contribution in [1.29, 1.82) is 10.5 Å². The molecule has 0 unspecified atom stereocenters. The van der Waals surface area contributed by atoms with E-state index in [1.54, 1.807) is 24.3 Å². The highest BCUT2D eigenvalue weighted by molar-refractivity contribution is 7.99. The summed E-state index contributed by atoms with van der Waals surface area (Å²) in [6.45, 7) is 0. The summed E-state index contributed by atoms with van der Waals surface area (Å²) >= 11 is 1.13. The Kier molecular flexibility index (Phi) is 4.56. The fourth-order valence-corrected chi connectivity index (χ4v) is 3.33. The fraction of sp³-hybridized carbons (Fsp3) is 0. The number of nitrogens with zero attached hydrogens (tertiary/aromatic N) is 3. The van der Waals surface area contributed by atoms with E-state index in [4.69, 9.17) is 5.73 Å². The standard InChI is InChI=1S/C19H12N4OS/c20-10-13-17(12-6-2-1-3-7-12)14(11-21)19(23-18(13)22)25-16-9-5-4-8-15(16)24/h1-9,24H,(H2,22,23). The lowest BCUT2D eigenvalue weighted by atomic mass is 9.97. The number of nitrogens with two attached hydrogens (primary N) is 1. The maximum Gasteiger partial charge on any atom is 0.143 e. The van der Waals surface area contributed by atoms with Gasteiger partial charge in [-0.3, -0.25) is 0 Å². The Bertz CT molecular complexity index is 1020. The molecular weight excluding hydrogens is 332 g/mol. The Balaban J connectivity index is 2.25. The summed E-state index contributed by atoms with van der Waals surface area (Å²) < 4.78 is 0. The van der Waals surface area contributed by atoms with Crippen molar-refractivity contribution in [1.82, 2.24) is 4.98 Å². The number of nitriles is 2. The number of benzene rings is 2. The van der Waals surface area contributed by atoms with E-state index >= 15 is 0 Å². The third-order valence-corrected chi connectivity index (χ3v) is 4.60. The quantitative estimate of drug-likeness (QED) is 0.745. The summed E-state index contributed by atoms with van der Waals surface area (Å²) in [6.07, 6.45) is 0. The van der Waals surface area contributed by atoms with Crippen LogP contribution in [0.1, 0.15) is 11.1 Å². The van der Waals surface area contributed by atoms with E-state index in [-0.39, 0.29) is 22.7 Å². The number of rotatable bonds is 3. The molecule has 0 saturated carbocycles. The zero-order chi connectivity index (χ0) is 17.8. The molecule has 3 rings (SSSR count). The van der Waals surface area contributed by atoms with Crippen LogP contribution in [0.5, 0.6) is 5.75 Å². The molecule has 0 aliphatic rings. The smallest absolute Gasteiger partial charge is 0.143 e. The van der Waals surface area contributed by atoms with Gasteiger partial charge >= 0.3 is 0 Å². The van der Waals surface area contributed by atoms with Crippen LogP contribution in [-0.2, 0) is 0 Å². The molecule has 120 valence electrons. The largest absolute Gasteiger partial charge is 0.507 e. The van der Waals surface area contributed by atoms with E-state index in [2.05, 4.69) is 11.1 Å². The number of hydrogen-bond donors (Lipinski definition) is 2. The number of para-hydroxylation sites is 1. The molecule has 0 aliphatic carbocycles. The van der Waals surface area contributed by atoms with E-state index in [0.717, 1.165) is 11.8 Å². The third kappa shape index (κ3) is 3.12. The number of phenols is 1. The molecule has 6 heteroatoms. The molecule has 5 nitrogen and oxygen atoms in total. The normalized spacial score (nSPS) is 10.0. The number of pyridine rings is 1. The number of hydrogen-bond acceptors (Lipinski definition) is 6. The number of aromatic nitrogens is 1. The molecule has 0 bridgehead atoms. The summed E-state index contributed by atoms with van der Waals surface area (Å²) in [6, 6.07) is 20.1. The topological polar surface area (TPSA) is 107 Å². The van der Waals surface area contributed by atoms with Crippen LogP contribution in [0.4, 0.5) is 5.82 Å². The van der Waals surface area contributed by atoms with E-state index in [1.165, 1.54) is 0 Å². The summed E-state index contributed by atoms with van der Waals surface area (Å²) in [5.74, 6) is 0.139. The molecule has 0 saturated heterocycles. The van der Waals surface area contributed by atoms with Crippen LogP contribution in [-0.4, -0.2) is 10.1 Å². The molecule has 1 heterocycles. The van der Waals surface area contributed by atoms with Gasteiger partial charge in [-0.2, -0.15) is 10.5 Å². The van der Waals surface area contributed by atoms with Gasteiger partial charge in [0.2, 0.25) is 0 Å². The van der Waals surface area contributed by atoms with E-state index in [1.807, 2.05) is 36.4 Å². The lowest BCUT2D eigenvalue weighted by Crippen LogP contribution is -2.03. The Morgan fingerprint density at radius 2 is 1.56 bits per heavy atom. The molecule has 0 aliphatic heterocycles. The highest BCUT2D eigenvalue weighted by atomic mass is 32.2. The van der Waals surface area contributed by atoms with Crippen LogP contribution in [0, 0.1) is 22.7 Å². The minimum absolute atomic E-state index is 0.0540. The van der Waals surface area contributed by atoms with Gasteiger partial charge in [-0.15, -0.1) is 0 Å². The Hall–Kier alpha value is -3.48. The van der Waals surface area contributed by atoms with Crippen LogP contribution in [0.3, 0.4) is 0 Å². The maximum atomic E-state index is 9.98. The predicted molar refractivity (Wildman–Crippen MR) is 95.7 cm³/mol. The first-order valence-corrected chi connectivity index (χ1v) is 8.12. The monoisotopic (exact) mass is 344 g/mol. The minimum Gasteiger partial charge on any atom is -0.507 e.